The van der Waals surface area contributed by atoms with Crippen molar-refractivity contribution in [2.24, 2.45) is 5.10 Å². The van der Waals surface area contributed by atoms with Crippen molar-refractivity contribution in [1.82, 2.24) is 24.5 Å². The van der Waals surface area contributed by atoms with E-state index in [2.05, 4.69) is 30.5 Å². The highest BCUT2D eigenvalue weighted by atomic mass is 16.6. The van der Waals surface area contributed by atoms with Crippen LogP contribution in [0.3, 0.4) is 0 Å². The Kier molecular flexibility index (Phi) is 4.73. The summed E-state index contributed by atoms with van der Waals surface area (Å²) in [5.41, 5.74) is 4.26. The van der Waals surface area contributed by atoms with E-state index in [4.69, 9.17) is 4.74 Å². The van der Waals surface area contributed by atoms with E-state index < -0.39 is 31.1 Å². The van der Waals surface area contributed by atoms with Crippen molar-refractivity contribution in [3.8, 4) is 0 Å². The van der Waals surface area contributed by atoms with Gasteiger partial charge in [-0.3, -0.25) is 15.0 Å². The molecule has 0 spiro atoms. The molecule has 1 aliphatic heterocycles. The van der Waals surface area contributed by atoms with Gasteiger partial charge in [0.2, 0.25) is 0 Å². The molecular weight excluding hydrogens is 354 g/mol. The second-order valence-corrected chi connectivity index (χ2v) is 5.90. The van der Waals surface area contributed by atoms with Crippen LogP contribution in [0.1, 0.15) is 11.9 Å². The molecule has 0 amide bonds. The van der Waals surface area contributed by atoms with Gasteiger partial charge in [-0.15, -0.1) is 0 Å². The number of aliphatic hydroxyl groups excluding tert-OH is 3. The van der Waals surface area contributed by atoms with Crippen LogP contribution in [-0.2, 0) is 4.74 Å². The van der Waals surface area contributed by atoms with Crippen LogP contribution in [0.15, 0.2) is 42.2 Å². The zero-order valence-electron chi connectivity index (χ0n) is 14.0. The van der Waals surface area contributed by atoms with E-state index in [0.29, 0.717) is 22.7 Å². The van der Waals surface area contributed by atoms with Crippen molar-refractivity contribution in [1.29, 1.82) is 0 Å². The van der Waals surface area contributed by atoms with Crippen LogP contribution >= 0.6 is 0 Å². The molecule has 11 nitrogen and oxygen atoms in total. The monoisotopic (exact) mass is 371 g/mol. The number of nitrogens with one attached hydrogen (secondary N) is 1. The minimum absolute atomic E-state index is 0.359. The highest BCUT2D eigenvalue weighted by Gasteiger charge is 2.44. The van der Waals surface area contributed by atoms with Crippen LogP contribution in [0.2, 0.25) is 0 Å². The Labute approximate surface area is 153 Å². The molecule has 4 unspecified atom stereocenters. The van der Waals surface area contributed by atoms with Gasteiger partial charge in [0.05, 0.1) is 24.8 Å². The molecule has 4 rings (SSSR count). The second-order valence-electron chi connectivity index (χ2n) is 5.90. The first-order chi connectivity index (χ1) is 13.2. The zero-order valence-corrected chi connectivity index (χ0v) is 14.0. The fourth-order valence-electron chi connectivity index (χ4n) is 2.84. The molecular formula is C16H17N7O4. The third-order valence-corrected chi connectivity index (χ3v) is 4.21. The number of rotatable bonds is 5. The van der Waals surface area contributed by atoms with Crippen molar-refractivity contribution in [2.45, 2.75) is 24.5 Å². The summed E-state index contributed by atoms with van der Waals surface area (Å²) in [5.74, 6) is 0.359. The number of aromatic nitrogens is 5. The summed E-state index contributed by atoms with van der Waals surface area (Å²) in [6, 6.07) is 5.46. The molecule has 0 saturated carbocycles. The number of hydrogen-bond donors (Lipinski definition) is 4. The van der Waals surface area contributed by atoms with Crippen molar-refractivity contribution < 1.29 is 20.1 Å². The Hall–Kier alpha value is -2.99. The summed E-state index contributed by atoms with van der Waals surface area (Å²) >= 11 is 0. The summed E-state index contributed by atoms with van der Waals surface area (Å²) in [7, 11) is 0. The highest BCUT2D eigenvalue weighted by molar-refractivity contribution is 5.84. The number of pyridine rings is 1. The van der Waals surface area contributed by atoms with Gasteiger partial charge in [0.15, 0.2) is 23.2 Å². The lowest BCUT2D eigenvalue weighted by atomic mass is 10.1. The van der Waals surface area contributed by atoms with Gasteiger partial charge in [0, 0.05) is 6.20 Å². The van der Waals surface area contributed by atoms with Crippen molar-refractivity contribution in [3.05, 3.63) is 42.7 Å². The van der Waals surface area contributed by atoms with E-state index in [-0.39, 0.29) is 0 Å². The number of fused-ring (bicyclic) bond motifs is 1. The minimum atomic E-state index is -1.23. The molecule has 3 aromatic heterocycles. The van der Waals surface area contributed by atoms with Crippen LogP contribution in [0.25, 0.3) is 11.2 Å². The molecule has 0 aliphatic carbocycles. The van der Waals surface area contributed by atoms with Gasteiger partial charge in [-0.05, 0) is 12.1 Å². The van der Waals surface area contributed by atoms with Crippen LogP contribution < -0.4 is 5.43 Å². The summed E-state index contributed by atoms with van der Waals surface area (Å²) in [6.07, 6.45) is 1.69. The first-order valence-electron chi connectivity index (χ1n) is 8.19. The topological polar surface area (TPSA) is 151 Å². The minimum Gasteiger partial charge on any atom is -0.394 e. The first-order valence-corrected chi connectivity index (χ1v) is 8.19. The Morgan fingerprint density at radius 3 is 2.81 bits per heavy atom. The van der Waals surface area contributed by atoms with Crippen molar-refractivity contribution in [3.63, 3.8) is 0 Å². The van der Waals surface area contributed by atoms with Crippen LogP contribution in [-0.4, -0.2) is 71.0 Å². The predicted molar refractivity (Wildman–Crippen MR) is 93.8 cm³/mol. The molecule has 0 bridgehead atoms. The van der Waals surface area contributed by atoms with E-state index >= 15 is 0 Å². The van der Waals surface area contributed by atoms with E-state index in [1.165, 1.54) is 23.4 Å². The molecule has 0 aromatic carbocycles. The number of hydrazone groups is 1. The maximum absolute atomic E-state index is 10.2. The summed E-state index contributed by atoms with van der Waals surface area (Å²) in [4.78, 5) is 16.7. The lowest BCUT2D eigenvalue weighted by molar-refractivity contribution is -0.0511. The smallest absolute Gasteiger partial charge is 0.177 e. The van der Waals surface area contributed by atoms with Gasteiger partial charge < -0.3 is 20.1 Å². The molecule has 1 saturated heterocycles. The maximum atomic E-state index is 10.2. The molecule has 4 heterocycles. The maximum Gasteiger partial charge on any atom is 0.177 e. The molecule has 27 heavy (non-hydrogen) atoms. The summed E-state index contributed by atoms with van der Waals surface area (Å²) < 4.78 is 7.00. The number of aliphatic hydroxyl groups is 3. The average Bonchev–Trinajstić information content (AvgIpc) is 3.25. The normalized spacial score (nSPS) is 25.4. The Morgan fingerprint density at radius 1 is 1.19 bits per heavy atom. The molecule has 3 aromatic rings. The van der Waals surface area contributed by atoms with Crippen molar-refractivity contribution >= 4 is 23.2 Å². The molecule has 1 fully saturated rings. The Balaban J connectivity index is 1.60. The number of ether oxygens (including phenoxy) is 1. The quantitative estimate of drug-likeness (QED) is 0.336. The van der Waals surface area contributed by atoms with Gasteiger partial charge in [0.1, 0.15) is 24.6 Å². The zero-order chi connectivity index (χ0) is 18.8. The number of imidazole rings is 1. The number of hydrogen-bond acceptors (Lipinski definition) is 10. The fourth-order valence-corrected chi connectivity index (χ4v) is 2.84. The Morgan fingerprint density at radius 2 is 2.07 bits per heavy atom. The van der Waals surface area contributed by atoms with Gasteiger partial charge in [-0.2, -0.15) is 5.10 Å². The third kappa shape index (κ3) is 3.24. The van der Waals surface area contributed by atoms with E-state index in [1.54, 1.807) is 12.3 Å². The lowest BCUT2D eigenvalue weighted by Crippen LogP contribution is -2.33. The molecule has 140 valence electrons. The van der Waals surface area contributed by atoms with Crippen LogP contribution in [0, 0.1) is 0 Å². The predicted octanol–water partition coefficient (Wildman–Crippen LogP) is -0.721. The largest absolute Gasteiger partial charge is 0.394 e. The fraction of sp³-hybridized carbons (Fsp3) is 0.312. The second kappa shape index (κ2) is 7.32. The van der Waals surface area contributed by atoms with Crippen LogP contribution in [0.4, 0.5) is 5.82 Å². The van der Waals surface area contributed by atoms with Gasteiger partial charge in [0.25, 0.3) is 0 Å². The average molecular weight is 371 g/mol. The van der Waals surface area contributed by atoms with E-state index in [1.807, 2.05) is 12.1 Å². The van der Waals surface area contributed by atoms with Crippen molar-refractivity contribution in [2.75, 3.05) is 12.0 Å². The third-order valence-electron chi connectivity index (χ3n) is 4.21. The van der Waals surface area contributed by atoms with Gasteiger partial charge in [-0.1, -0.05) is 6.07 Å². The van der Waals surface area contributed by atoms with E-state index in [0.717, 1.165) is 0 Å². The molecule has 4 atom stereocenters. The number of anilines is 1. The lowest BCUT2D eigenvalue weighted by Gasteiger charge is -2.16. The van der Waals surface area contributed by atoms with Gasteiger partial charge >= 0.3 is 0 Å². The first kappa shape index (κ1) is 17.4. The SMILES string of the molecule is OCC1OC(n2cnc3c(N/N=C\c4ccccn4)ncnc32)C(O)C1O. The highest BCUT2D eigenvalue weighted by Crippen LogP contribution is 2.31. The molecule has 11 heteroatoms. The Bertz CT molecular complexity index is 948. The summed E-state index contributed by atoms with van der Waals surface area (Å²) in [5, 5.41) is 33.5. The standard InChI is InChI=1S/C16H17N7O4/c24-6-10-12(25)13(26)16(27-10)23-8-20-11-14(18-7-19-15(11)23)22-21-5-9-3-1-2-4-17-9/h1-5,7-8,10,12-13,16,24-26H,6H2,(H,18,19,22)/b21-5-. The van der Waals surface area contributed by atoms with E-state index in [9.17, 15) is 15.3 Å². The number of nitrogens with zero attached hydrogens (tertiary/aromatic N) is 6. The molecule has 4 N–H and O–H groups in total. The van der Waals surface area contributed by atoms with Crippen LogP contribution in [0.5, 0.6) is 0 Å². The molecule has 0 radical (unpaired) electrons. The van der Waals surface area contributed by atoms with Gasteiger partial charge in [-0.25, -0.2) is 15.0 Å². The molecule has 1 aliphatic rings. The summed E-state index contributed by atoms with van der Waals surface area (Å²) in [6.45, 7) is -0.411.